The van der Waals surface area contributed by atoms with E-state index in [1.807, 2.05) is 22.9 Å². The third kappa shape index (κ3) is 5.13. The molecule has 0 aliphatic heterocycles. The standard InChI is InChI=1S/C18H25N3O2/c1-4-5-12-23-16-8-6-15(7-9-16)18(22)20-17-10-11-19-21(17)13-14(2)3/h6-11,14H,4-5,12-13H2,1-3H3,(H,20,22). The molecule has 0 atom stereocenters. The SMILES string of the molecule is CCCCOc1ccc(C(=O)Nc2ccnn2CC(C)C)cc1. The van der Waals surface area contributed by atoms with Gasteiger partial charge in [0.2, 0.25) is 0 Å². The van der Waals surface area contributed by atoms with Crippen molar-refractivity contribution in [2.75, 3.05) is 11.9 Å². The summed E-state index contributed by atoms with van der Waals surface area (Å²) in [4.78, 5) is 12.3. The molecular formula is C18H25N3O2. The van der Waals surface area contributed by atoms with Gasteiger partial charge in [-0.3, -0.25) is 4.79 Å². The molecule has 0 saturated carbocycles. The molecule has 23 heavy (non-hydrogen) atoms. The molecule has 5 nitrogen and oxygen atoms in total. The maximum absolute atomic E-state index is 12.3. The number of anilines is 1. The summed E-state index contributed by atoms with van der Waals surface area (Å²) in [7, 11) is 0. The van der Waals surface area contributed by atoms with Gasteiger partial charge in [-0.25, -0.2) is 4.68 Å². The molecule has 0 aliphatic rings. The molecule has 0 radical (unpaired) electrons. The van der Waals surface area contributed by atoms with E-state index in [-0.39, 0.29) is 5.91 Å². The van der Waals surface area contributed by atoms with Crippen molar-refractivity contribution in [2.24, 2.45) is 5.92 Å². The predicted molar refractivity (Wildman–Crippen MR) is 91.9 cm³/mol. The quantitative estimate of drug-likeness (QED) is 0.750. The zero-order valence-corrected chi connectivity index (χ0v) is 14.1. The Morgan fingerprint density at radius 3 is 2.65 bits per heavy atom. The van der Waals surface area contributed by atoms with Crippen LogP contribution in [0.4, 0.5) is 5.82 Å². The Bertz CT molecular complexity index is 617. The normalized spacial score (nSPS) is 10.8. The van der Waals surface area contributed by atoms with E-state index in [9.17, 15) is 4.79 Å². The highest BCUT2D eigenvalue weighted by Gasteiger charge is 2.10. The maximum Gasteiger partial charge on any atom is 0.256 e. The molecule has 0 bridgehead atoms. The fourth-order valence-electron chi connectivity index (χ4n) is 2.16. The molecule has 1 amide bonds. The highest BCUT2D eigenvalue weighted by atomic mass is 16.5. The number of nitrogens with one attached hydrogen (secondary N) is 1. The van der Waals surface area contributed by atoms with E-state index in [0.717, 1.165) is 25.1 Å². The molecule has 0 saturated heterocycles. The Hall–Kier alpha value is -2.30. The average Bonchev–Trinajstić information content (AvgIpc) is 2.94. The number of rotatable bonds is 8. The zero-order valence-electron chi connectivity index (χ0n) is 14.1. The first-order valence-electron chi connectivity index (χ1n) is 8.16. The van der Waals surface area contributed by atoms with Crippen LogP contribution in [0.3, 0.4) is 0 Å². The number of amides is 1. The van der Waals surface area contributed by atoms with E-state index >= 15 is 0 Å². The van der Waals surface area contributed by atoms with Crippen LogP contribution in [0.2, 0.25) is 0 Å². The van der Waals surface area contributed by atoms with E-state index in [1.54, 1.807) is 18.3 Å². The molecule has 2 aromatic rings. The lowest BCUT2D eigenvalue weighted by molar-refractivity contribution is 0.102. The molecule has 0 aliphatic carbocycles. The van der Waals surface area contributed by atoms with Gasteiger partial charge in [0.25, 0.3) is 5.91 Å². The fourth-order valence-corrected chi connectivity index (χ4v) is 2.16. The Balaban J connectivity index is 1.97. The van der Waals surface area contributed by atoms with E-state index in [4.69, 9.17) is 4.74 Å². The van der Waals surface area contributed by atoms with Crippen LogP contribution < -0.4 is 10.1 Å². The smallest absolute Gasteiger partial charge is 0.256 e. The van der Waals surface area contributed by atoms with Crippen LogP contribution in [0.25, 0.3) is 0 Å². The summed E-state index contributed by atoms with van der Waals surface area (Å²) in [6, 6.07) is 9.02. The molecular weight excluding hydrogens is 290 g/mol. The van der Waals surface area contributed by atoms with E-state index < -0.39 is 0 Å². The number of unbranched alkanes of at least 4 members (excludes halogenated alkanes) is 1. The number of hydrogen-bond acceptors (Lipinski definition) is 3. The zero-order chi connectivity index (χ0) is 16.7. The third-order valence-electron chi connectivity index (χ3n) is 3.38. The number of hydrogen-bond donors (Lipinski definition) is 1. The summed E-state index contributed by atoms with van der Waals surface area (Å²) in [5.74, 6) is 1.83. The fraction of sp³-hybridized carbons (Fsp3) is 0.444. The minimum absolute atomic E-state index is 0.143. The summed E-state index contributed by atoms with van der Waals surface area (Å²) in [6.45, 7) is 7.83. The van der Waals surface area contributed by atoms with Gasteiger partial charge in [0.15, 0.2) is 0 Å². The number of aromatic nitrogens is 2. The number of carbonyl (C=O) groups excluding carboxylic acids is 1. The lowest BCUT2D eigenvalue weighted by Crippen LogP contribution is -2.17. The van der Waals surface area contributed by atoms with Gasteiger partial charge >= 0.3 is 0 Å². The molecule has 1 heterocycles. The second kappa shape index (κ2) is 8.36. The molecule has 1 aromatic heterocycles. The second-order valence-electron chi connectivity index (χ2n) is 5.97. The Labute approximate surface area is 137 Å². The monoisotopic (exact) mass is 315 g/mol. The highest BCUT2D eigenvalue weighted by molar-refractivity contribution is 6.03. The predicted octanol–water partition coefficient (Wildman–Crippen LogP) is 3.97. The highest BCUT2D eigenvalue weighted by Crippen LogP contribution is 2.15. The topological polar surface area (TPSA) is 56.1 Å². The van der Waals surface area contributed by atoms with Crippen LogP contribution in [-0.4, -0.2) is 22.3 Å². The summed E-state index contributed by atoms with van der Waals surface area (Å²) in [6.07, 6.45) is 3.83. The molecule has 124 valence electrons. The molecule has 5 heteroatoms. The maximum atomic E-state index is 12.3. The minimum Gasteiger partial charge on any atom is -0.494 e. The Kier molecular flexibility index (Phi) is 6.20. The van der Waals surface area contributed by atoms with Gasteiger partial charge in [-0.1, -0.05) is 27.2 Å². The average molecular weight is 315 g/mol. The summed E-state index contributed by atoms with van der Waals surface area (Å²) in [5, 5.41) is 7.15. The Morgan fingerprint density at radius 1 is 1.26 bits per heavy atom. The van der Waals surface area contributed by atoms with Gasteiger partial charge in [0.05, 0.1) is 12.8 Å². The van der Waals surface area contributed by atoms with Crippen LogP contribution in [0.1, 0.15) is 44.0 Å². The number of ether oxygens (including phenoxy) is 1. The first-order valence-corrected chi connectivity index (χ1v) is 8.16. The molecule has 1 aromatic carbocycles. The number of nitrogens with zero attached hydrogens (tertiary/aromatic N) is 2. The van der Waals surface area contributed by atoms with Crippen molar-refractivity contribution < 1.29 is 9.53 Å². The van der Waals surface area contributed by atoms with Crippen molar-refractivity contribution >= 4 is 11.7 Å². The number of benzene rings is 1. The molecule has 0 spiro atoms. The molecule has 1 N–H and O–H groups in total. The summed E-state index contributed by atoms with van der Waals surface area (Å²) < 4.78 is 7.41. The van der Waals surface area contributed by atoms with Crippen LogP contribution in [-0.2, 0) is 6.54 Å². The van der Waals surface area contributed by atoms with E-state index in [0.29, 0.717) is 23.9 Å². The summed E-state index contributed by atoms with van der Waals surface area (Å²) >= 11 is 0. The van der Waals surface area contributed by atoms with Crippen molar-refractivity contribution in [3.8, 4) is 5.75 Å². The van der Waals surface area contributed by atoms with Gasteiger partial charge in [-0.15, -0.1) is 0 Å². The second-order valence-corrected chi connectivity index (χ2v) is 5.97. The molecule has 0 unspecified atom stereocenters. The largest absolute Gasteiger partial charge is 0.494 e. The lowest BCUT2D eigenvalue weighted by atomic mass is 10.2. The van der Waals surface area contributed by atoms with Gasteiger partial charge in [-0.2, -0.15) is 5.10 Å². The molecule has 2 rings (SSSR count). The minimum atomic E-state index is -0.143. The van der Waals surface area contributed by atoms with Crippen molar-refractivity contribution in [1.82, 2.24) is 9.78 Å². The van der Waals surface area contributed by atoms with Gasteiger partial charge in [0.1, 0.15) is 11.6 Å². The summed E-state index contributed by atoms with van der Waals surface area (Å²) in [5.41, 5.74) is 0.602. The lowest BCUT2D eigenvalue weighted by Gasteiger charge is -2.11. The molecule has 0 fully saturated rings. The van der Waals surface area contributed by atoms with Gasteiger partial charge in [0, 0.05) is 18.2 Å². The number of carbonyl (C=O) groups is 1. The van der Waals surface area contributed by atoms with Crippen LogP contribution in [0, 0.1) is 5.92 Å². The first-order chi connectivity index (χ1) is 11.1. The van der Waals surface area contributed by atoms with E-state index in [2.05, 4.69) is 31.2 Å². The van der Waals surface area contributed by atoms with Crippen LogP contribution >= 0.6 is 0 Å². The first kappa shape index (κ1) is 17.1. The van der Waals surface area contributed by atoms with Gasteiger partial charge < -0.3 is 10.1 Å². The van der Waals surface area contributed by atoms with Crippen LogP contribution in [0.15, 0.2) is 36.5 Å². The van der Waals surface area contributed by atoms with Crippen molar-refractivity contribution in [3.05, 3.63) is 42.1 Å². The van der Waals surface area contributed by atoms with E-state index in [1.165, 1.54) is 0 Å². The van der Waals surface area contributed by atoms with Crippen LogP contribution in [0.5, 0.6) is 5.75 Å². The third-order valence-corrected chi connectivity index (χ3v) is 3.38. The van der Waals surface area contributed by atoms with Crippen molar-refractivity contribution in [1.29, 1.82) is 0 Å². The Morgan fingerprint density at radius 2 is 2.00 bits per heavy atom. The van der Waals surface area contributed by atoms with Crippen molar-refractivity contribution in [3.63, 3.8) is 0 Å². The van der Waals surface area contributed by atoms with Crippen molar-refractivity contribution in [2.45, 2.75) is 40.2 Å². The van der Waals surface area contributed by atoms with Gasteiger partial charge in [-0.05, 0) is 36.6 Å².